The van der Waals surface area contributed by atoms with Gasteiger partial charge in [-0.15, -0.1) is 0 Å². The summed E-state index contributed by atoms with van der Waals surface area (Å²) >= 11 is 3.20. The van der Waals surface area contributed by atoms with Crippen LogP contribution in [0.4, 0.5) is 18.9 Å². The predicted molar refractivity (Wildman–Crippen MR) is 73.3 cm³/mol. The van der Waals surface area contributed by atoms with Gasteiger partial charge in [-0.05, 0) is 53.5 Å². The molecular formula is C13H16BrF3N2. The minimum absolute atomic E-state index is 0.260. The molecule has 6 heteroatoms. The number of hydrogen-bond acceptors (Lipinski definition) is 2. The third-order valence-electron chi connectivity index (χ3n) is 3.20. The molecule has 1 aromatic carbocycles. The van der Waals surface area contributed by atoms with Crippen LogP contribution in [0.1, 0.15) is 24.8 Å². The molecule has 1 aliphatic heterocycles. The lowest BCUT2D eigenvalue weighted by atomic mass is 10.1. The van der Waals surface area contributed by atoms with Crippen molar-refractivity contribution in [2.24, 2.45) is 0 Å². The van der Waals surface area contributed by atoms with E-state index in [-0.39, 0.29) is 6.04 Å². The molecule has 1 saturated heterocycles. The maximum absolute atomic E-state index is 12.6. The summed E-state index contributed by atoms with van der Waals surface area (Å²) in [4.78, 5) is 0. The van der Waals surface area contributed by atoms with Gasteiger partial charge in [-0.25, -0.2) is 0 Å². The van der Waals surface area contributed by atoms with E-state index in [1.165, 1.54) is 6.07 Å². The van der Waals surface area contributed by atoms with Crippen LogP contribution in [0.25, 0.3) is 0 Å². The predicted octanol–water partition coefficient (Wildman–Crippen LogP) is 4.02. The van der Waals surface area contributed by atoms with Crippen LogP contribution in [0.3, 0.4) is 0 Å². The summed E-state index contributed by atoms with van der Waals surface area (Å²) in [5, 5.41) is 6.61. The van der Waals surface area contributed by atoms with Crippen molar-refractivity contribution in [2.45, 2.75) is 31.5 Å². The van der Waals surface area contributed by atoms with Crippen molar-refractivity contribution >= 4 is 21.6 Å². The number of halogens is 4. The quantitative estimate of drug-likeness (QED) is 0.852. The molecule has 0 amide bonds. The summed E-state index contributed by atoms with van der Waals surface area (Å²) in [6, 6.07) is 3.97. The van der Waals surface area contributed by atoms with Gasteiger partial charge in [0.2, 0.25) is 0 Å². The molecule has 1 fully saturated rings. The summed E-state index contributed by atoms with van der Waals surface area (Å²) in [5.41, 5.74) is 0.0746. The van der Waals surface area contributed by atoms with E-state index < -0.39 is 11.7 Å². The molecular weight excluding hydrogens is 321 g/mol. The van der Waals surface area contributed by atoms with Gasteiger partial charge in [-0.3, -0.25) is 0 Å². The molecule has 0 bridgehead atoms. The fourth-order valence-corrected chi connectivity index (χ4v) is 2.66. The molecule has 0 aromatic heterocycles. The average molecular weight is 337 g/mol. The first-order chi connectivity index (χ1) is 8.97. The van der Waals surface area contributed by atoms with Crippen molar-refractivity contribution in [1.29, 1.82) is 0 Å². The van der Waals surface area contributed by atoms with Crippen LogP contribution >= 0.6 is 15.9 Å². The zero-order valence-electron chi connectivity index (χ0n) is 10.4. The largest absolute Gasteiger partial charge is 0.416 e. The monoisotopic (exact) mass is 336 g/mol. The van der Waals surface area contributed by atoms with Crippen LogP contribution < -0.4 is 10.6 Å². The molecule has 2 rings (SSSR count). The second kappa shape index (κ2) is 6.13. The van der Waals surface area contributed by atoms with E-state index in [1.54, 1.807) is 0 Å². The molecule has 0 radical (unpaired) electrons. The Bertz CT molecular complexity index is 426. The smallest absolute Gasteiger partial charge is 0.380 e. The first-order valence-corrected chi connectivity index (χ1v) is 7.10. The van der Waals surface area contributed by atoms with Crippen molar-refractivity contribution < 1.29 is 13.2 Å². The Hall–Kier alpha value is -0.750. The molecule has 1 heterocycles. The van der Waals surface area contributed by atoms with E-state index in [0.717, 1.165) is 44.5 Å². The first kappa shape index (κ1) is 14.7. The molecule has 1 unspecified atom stereocenters. The summed E-state index contributed by atoms with van der Waals surface area (Å²) in [6.45, 7) is 1.85. The number of nitrogens with one attached hydrogen (secondary N) is 2. The van der Waals surface area contributed by atoms with Crippen LogP contribution in [-0.2, 0) is 6.18 Å². The third kappa shape index (κ3) is 4.11. The zero-order chi connectivity index (χ0) is 13.9. The molecule has 19 heavy (non-hydrogen) atoms. The lowest BCUT2D eigenvalue weighted by molar-refractivity contribution is -0.137. The van der Waals surface area contributed by atoms with Gasteiger partial charge in [0.25, 0.3) is 0 Å². The van der Waals surface area contributed by atoms with Crippen molar-refractivity contribution in [3.8, 4) is 0 Å². The van der Waals surface area contributed by atoms with Crippen LogP contribution in [0.15, 0.2) is 22.7 Å². The maximum Gasteiger partial charge on any atom is 0.416 e. The van der Waals surface area contributed by atoms with Crippen LogP contribution in [0.5, 0.6) is 0 Å². The van der Waals surface area contributed by atoms with E-state index in [4.69, 9.17) is 0 Å². The van der Waals surface area contributed by atoms with Gasteiger partial charge in [-0.1, -0.05) is 6.42 Å². The van der Waals surface area contributed by atoms with E-state index >= 15 is 0 Å². The highest BCUT2D eigenvalue weighted by molar-refractivity contribution is 9.10. The highest BCUT2D eigenvalue weighted by Gasteiger charge is 2.30. The van der Waals surface area contributed by atoms with Crippen molar-refractivity contribution in [2.75, 3.05) is 18.4 Å². The van der Waals surface area contributed by atoms with Crippen LogP contribution in [-0.4, -0.2) is 19.1 Å². The Morgan fingerprint density at radius 1 is 1.26 bits per heavy atom. The highest BCUT2D eigenvalue weighted by Crippen LogP contribution is 2.34. The van der Waals surface area contributed by atoms with Crippen molar-refractivity contribution in [1.82, 2.24) is 5.32 Å². The molecule has 0 spiro atoms. The van der Waals surface area contributed by atoms with Crippen molar-refractivity contribution in [3.63, 3.8) is 0 Å². The second-order valence-corrected chi connectivity index (χ2v) is 5.59. The zero-order valence-corrected chi connectivity index (χ0v) is 11.9. The van der Waals surface area contributed by atoms with Gasteiger partial charge in [0.15, 0.2) is 0 Å². The fraction of sp³-hybridized carbons (Fsp3) is 0.538. The lowest BCUT2D eigenvalue weighted by Crippen LogP contribution is -2.31. The normalized spacial score (nSPS) is 20.9. The minimum atomic E-state index is -4.30. The Morgan fingerprint density at radius 2 is 2.05 bits per heavy atom. The van der Waals surface area contributed by atoms with E-state index in [1.807, 2.05) is 0 Å². The first-order valence-electron chi connectivity index (χ1n) is 6.31. The Balaban J connectivity index is 2.08. The van der Waals surface area contributed by atoms with Gasteiger partial charge in [-0.2, -0.15) is 13.2 Å². The number of anilines is 1. The number of rotatable bonds is 2. The lowest BCUT2D eigenvalue weighted by Gasteiger charge is -2.19. The number of hydrogen-bond donors (Lipinski definition) is 2. The molecule has 0 aliphatic carbocycles. The SMILES string of the molecule is FC(F)(F)c1ccc(NC2CCCCNC2)c(Br)c1. The summed E-state index contributed by atoms with van der Waals surface area (Å²) in [6.07, 6.45) is -0.999. The fourth-order valence-electron chi connectivity index (χ4n) is 2.17. The van der Waals surface area contributed by atoms with E-state index in [9.17, 15) is 13.2 Å². The molecule has 2 N–H and O–H groups in total. The Labute approximate surface area is 118 Å². The average Bonchev–Trinajstić information content (AvgIpc) is 2.59. The molecule has 0 saturated carbocycles. The molecule has 1 aromatic rings. The van der Waals surface area contributed by atoms with Crippen molar-refractivity contribution in [3.05, 3.63) is 28.2 Å². The maximum atomic E-state index is 12.6. The summed E-state index contributed by atoms with van der Waals surface area (Å²) in [7, 11) is 0. The minimum Gasteiger partial charge on any atom is -0.380 e. The second-order valence-electron chi connectivity index (χ2n) is 4.73. The molecule has 1 atom stereocenters. The summed E-state index contributed by atoms with van der Waals surface area (Å²) in [5.74, 6) is 0. The Morgan fingerprint density at radius 3 is 2.74 bits per heavy atom. The van der Waals surface area contributed by atoms with E-state index in [0.29, 0.717) is 10.2 Å². The van der Waals surface area contributed by atoms with Crippen LogP contribution in [0.2, 0.25) is 0 Å². The van der Waals surface area contributed by atoms with Gasteiger partial charge in [0, 0.05) is 22.7 Å². The molecule has 106 valence electrons. The van der Waals surface area contributed by atoms with Gasteiger partial charge in [0.1, 0.15) is 0 Å². The molecule has 2 nitrogen and oxygen atoms in total. The van der Waals surface area contributed by atoms with Gasteiger partial charge < -0.3 is 10.6 Å². The van der Waals surface area contributed by atoms with E-state index in [2.05, 4.69) is 26.6 Å². The highest BCUT2D eigenvalue weighted by atomic mass is 79.9. The van der Waals surface area contributed by atoms with Crippen LogP contribution in [0, 0.1) is 0 Å². The van der Waals surface area contributed by atoms with Gasteiger partial charge >= 0.3 is 6.18 Å². The number of alkyl halides is 3. The van der Waals surface area contributed by atoms with Gasteiger partial charge in [0.05, 0.1) is 5.56 Å². The number of benzene rings is 1. The molecule has 1 aliphatic rings. The Kier molecular flexibility index (Phi) is 4.73. The third-order valence-corrected chi connectivity index (χ3v) is 3.86. The summed E-state index contributed by atoms with van der Waals surface area (Å²) < 4.78 is 38.1. The standard InChI is InChI=1S/C13H16BrF3N2/c14-11-7-9(13(15,16)17)4-5-12(11)19-10-3-1-2-6-18-8-10/h4-5,7,10,18-19H,1-3,6,8H2. The topological polar surface area (TPSA) is 24.1 Å².